The van der Waals surface area contributed by atoms with Gasteiger partial charge in [-0.25, -0.2) is 0 Å². The first-order chi connectivity index (χ1) is 6.83. The maximum atomic E-state index is 11.0. The van der Waals surface area contributed by atoms with Crippen LogP contribution in [0, 0.1) is 5.41 Å². The quantitative estimate of drug-likeness (QED) is 0.395. The van der Waals surface area contributed by atoms with E-state index in [0.717, 1.165) is 6.42 Å². The standard InChI is InChI=1S/C13H18O2/c1-10(14)6-9-13-11(2,3)7-5-8-12(13,4)15-13/h5-6,8-9H,7H2,1-4H3/b9-6+. The predicted octanol–water partition coefficient (Wildman–Crippen LogP) is 2.65. The van der Waals surface area contributed by atoms with Gasteiger partial charge in [0.15, 0.2) is 5.78 Å². The Kier molecular flexibility index (Phi) is 2.00. The van der Waals surface area contributed by atoms with Crippen LogP contribution in [0.5, 0.6) is 0 Å². The highest BCUT2D eigenvalue weighted by Gasteiger charge is 2.71. The van der Waals surface area contributed by atoms with E-state index in [0.29, 0.717) is 0 Å². The van der Waals surface area contributed by atoms with Crippen LogP contribution in [-0.2, 0) is 9.53 Å². The first kappa shape index (κ1) is 10.6. The molecular weight excluding hydrogens is 188 g/mol. The Morgan fingerprint density at radius 3 is 2.60 bits per heavy atom. The Bertz CT molecular complexity index is 365. The van der Waals surface area contributed by atoms with E-state index in [4.69, 9.17) is 4.74 Å². The summed E-state index contributed by atoms with van der Waals surface area (Å²) in [5.41, 5.74) is -0.427. The molecule has 0 bridgehead atoms. The van der Waals surface area contributed by atoms with Crippen LogP contribution in [0.15, 0.2) is 24.3 Å². The zero-order valence-electron chi connectivity index (χ0n) is 9.83. The van der Waals surface area contributed by atoms with Crippen LogP contribution in [-0.4, -0.2) is 17.0 Å². The van der Waals surface area contributed by atoms with Gasteiger partial charge in [0, 0.05) is 5.41 Å². The van der Waals surface area contributed by atoms with Crippen molar-refractivity contribution in [1.82, 2.24) is 0 Å². The summed E-state index contributed by atoms with van der Waals surface area (Å²) < 4.78 is 5.89. The molecule has 0 amide bonds. The van der Waals surface area contributed by atoms with Crippen molar-refractivity contribution in [3.63, 3.8) is 0 Å². The number of allylic oxidation sites excluding steroid dienone is 2. The maximum absolute atomic E-state index is 11.0. The van der Waals surface area contributed by atoms with Crippen molar-refractivity contribution in [2.75, 3.05) is 0 Å². The molecule has 0 aromatic rings. The molecule has 0 aromatic heterocycles. The number of rotatable bonds is 2. The number of fused-ring (bicyclic) bond motifs is 1. The molecule has 2 unspecified atom stereocenters. The molecule has 2 heteroatoms. The number of hydrogen-bond donors (Lipinski definition) is 0. The number of ketones is 1. The van der Waals surface area contributed by atoms with E-state index in [1.54, 1.807) is 13.0 Å². The topological polar surface area (TPSA) is 29.6 Å². The third-order valence-electron chi connectivity index (χ3n) is 3.69. The molecule has 1 heterocycles. The van der Waals surface area contributed by atoms with E-state index in [2.05, 4.69) is 32.9 Å². The molecule has 2 aliphatic rings. The van der Waals surface area contributed by atoms with E-state index in [-0.39, 0.29) is 22.4 Å². The van der Waals surface area contributed by atoms with Gasteiger partial charge in [-0.15, -0.1) is 0 Å². The van der Waals surface area contributed by atoms with E-state index < -0.39 is 0 Å². The highest BCUT2D eigenvalue weighted by molar-refractivity contribution is 5.87. The van der Waals surface area contributed by atoms with Crippen LogP contribution in [0.2, 0.25) is 0 Å². The van der Waals surface area contributed by atoms with E-state index >= 15 is 0 Å². The van der Waals surface area contributed by atoms with E-state index in [1.165, 1.54) is 0 Å². The smallest absolute Gasteiger partial charge is 0.152 e. The van der Waals surface area contributed by atoms with Gasteiger partial charge >= 0.3 is 0 Å². The summed E-state index contributed by atoms with van der Waals surface area (Å²) in [4.78, 5) is 11.0. The fourth-order valence-electron chi connectivity index (χ4n) is 2.67. The van der Waals surface area contributed by atoms with Gasteiger partial charge in [-0.05, 0) is 32.4 Å². The minimum Gasteiger partial charge on any atom is -0.353 e. The van der Waals surface area contributed by atoms with Crippen LogP contribution >= 0.6 is 0 Å². The summed E-state index contributed by atoms with van der Waals surface area (Å²) in [6.07, 6.45) is 8.85. The van der Waals surface area contributed by atoms with Crippen LogP contribution in [0.1, 0.15) is 34.1 Å². The molecule has 2 rings (SSSR count). The molecule has 1 aliphatic heterocycles. The molecule has 1 fully saturated rings. The van der Waals surface area contributed by atoms with E-state index in [9.17, 15) is 4.79 Å². The molecular formula is C13H18O2. The fourth-order valence-corrected chi connectivity index (χ4v) is 2.67. The monoisotopic (exact) mass is 206 g/mol. The summed E-state index contributed by atoms with van der Waals surface area (Å²) in [5.74, 6) is 0.0765. The Hall–Kier alpha value is -0.890. The first-order valence-corrected chi connectivity index (χ1v) is 5.41. The SMILES string of the molecule is CC(=O)/C=C/C12OC1(C)C=CCC2(C)C. The zero-order chi connectivity index (χ0) is 11.3. The average molecular weight is 206 g/mol. The van der Waals surface area contributed by atoms with Gasteiger partial charge < -0.3 is 4.74 Å². The minimum atomic E-state index is -0.277. The van der Waals surface area contributed by atoms with Crippen molar-refractivity contribution in [3.05, 3.63) is 24.3 Å². The Morgan fingerprint density at radius 2 is 2.07 bits per heavy atom. The van der Waals surface area contributed by atoms with Crippen molar-refractivity contribution in [2.24, 2.45) is 5.41 Å². The van der Waals surface area contributed by atoms with Gasteiger partial charge in [-0.3, -0.25) is 4.79 Å². The van der Waals surface area contributed by atoms with Crippen LogP contribution in [0.25, 0.3) is 0 Å². The van der Waals surface area contributed by atoms with Gasteiger partial charge in [0.2, 0.25) is 0 Å². The lowest BCUT2D eigenvalue weighted by Gasteiger charge is -2.33. The molecule has 82 valence electrons. The molecule has 2 atom stereocenters. The number of carbonyl (C=O) groups is 1. The summed E-state index contributed by atoms with van der Waals surface area (Å²) in [5, 5.41) is 0. The summed E-state index contributed by atoms with van der Waals surface area (Å²) in [6.45, 7) is 8.02. The third-order valence-corrected chi connectivity index (χ3v) is 3.69. The molecule has 2 nitrogen and oxygen atoms in total. The second kappa shape index (κ2) is 2.82. The molecule has 0 radical (unpaired) electrons. The largest absolute Gasteiger partial charge is 0.353 e. The molecule has 0 N–H and O–H groups in total. The summed E-state index contributed by atoms with van der Waals surface area (Å²) >= 11 is 0. The molecule has 0 aromatic carbocycles. The number of ether oxygens (including phenoxy) is 1. The second-order valence-electron chi connectivity index (χ2n) is 5.38. The van der Waals surface area contributed by atoms with Gasteiger partial charge in [0.25, 0.3) is 0 Å². The van der Waals surface area contributed by atoms with Crippen molar-refractivity contribution in [2.45, 2.75) is 45.3 Å². The third kappa shape index (κ3) is 1.31. The first-order valence-electron chi connectivity index (χ1n) is 5.41. The van der Waals surface area contributed by atoms with Gasteiger partial charge in [-0.2, -0.15) is 0 Å². The van der Waals surface area contributed by atoms with Crippen LogP contribution in [0.3, 0.4) is 0 Å². The van der Waals surface area contributed by atoms with Crippen molar-refractivity contribution >= 4 is 5.78 Å². The van der Waals surface area contributed by atoms with Crippen LogP contribution in [0.4, 0.5) is 0 Å². The van der Waals surface area contributed by atoms with Gasteiger partial charge in [0.05, 0.1) is 0 Å². The van der Waals surface area contributed by atoms with Crippen LogP contribution < -0.4 is 0 Å². The van der Waals surface area contributed by atoms with Gasteiger partial charge in [0.1, 0.15) is 11.2 Å². The lowest BCUT2D eigenvalue weighted by atomic mass is 9.67. The summed E-state index contributed by atoms with van der Waals surface area (Å²) in [7, 11) is 0. The Labute approximate surface area is 91.0 Å². The zero-order valence-corrected chi connectivity index (χ0v) is 9.83. The number of epoxide rings is 1. The van der Waals surface area contributed by atoms with Crippen molar-refractivity contribution in [1.29, 1.82) is 0 Å². The molecule has 1 aliphatic carbocycles. The molecule has 0 saturated carbocycles. The lowest BCUT2D eigenvalue weighted by molar-refractivity contribution is -0.112. The Morgan fingerprint density at radius 1 is 1.40 bits per heavy atom. The van der Waals surface area contributed by atoms with E-state index in [1.807, 2.05) is 6.08 Å². The predicted molar refractivity (Wildman–Crippen MR) is 59.6 cm³/mol. The normalized spacial score (nSPS) is 41.6. The minimum absolute atomic E-state index is 0.0580. The molecule has 15 heavy (non-hydrogen) atoms. The fraction of sp³-hybridized carbons (Fsp3) is 0.615. The average Bonchev–Trinajstić information content (AvgIpc) is 2.70. The molecule has 1 saturated heterocycles. The number of carbonyl (C=O) groups excluding carboxylic acids is 1. The molecule has 0 spiro atoms. The second-order valence-corrected chi connectivity index (χ2v) is 5.38. The lowest BCUT2D eigenvalue weighted by Crippen LogP contribution is -2.38. The highest BCUT2D eigenvalue weighted by atomic mass is 16.6. The highest BCUT2D eigenvalue weighted by Crippen LogP contribution is 2.63. The number of hydrogen-bond acceptors (Lipinski definition) is 2. The van der Waals surface area contributed by atoms with Gasteiger partial charge in [-0.1, -0.05) is 26.0 Å². The summed E-state index contributed by atoms with van der Waals surface area (Å²) in [6, 6.07) is 0. The Balaban J connectivity index is 2.36. The maximum Gasteiger partial charge on any atom is 0.152 e. The van der Waals surface area contributed by atoms with Crippen molar-refractivity contribution in [3.8, 4) is 0 Å². The van der Waals surface area contributed by atoms with Crippen molar-refractivity contribution < 1.29 is 9.53 Å².